The van der Waals surface area contributed by atoms with Gasteiger partial charge in [0.25, 0.3) is 0 Å². The van der Waals surface area contributed by atoms with Crippen molar-refractivity contribution in [2.75, 3.05) is 19.8 Å². The molecular formula is C20H30NO8PS. The third-order valence-corrected chi connectivity index (χ3v) is 9.48. The fourth-order valence-electron chi connectivity index (χ4n) is 3.74. The first-order valence-electron chi connectivity index (χ1n) is 10.3. The Bertz CT molecular complexity index is 936. The highest BCUT2D eigenvalue weighted by molar-refractivity contribution is 7.89. The van der Waals surface area contributed by atoms with Crippen molar-refractivity contribution in [3.8, 4) is 0 Å². The fraction of sp³-hybridized carbons (Fsp3) is 0.600. The maximum Gasteiger partial charge on any atom is 0.346 e. The van der Waals surface area contributed by atoms with E-state index in [-0.39, 0.29) is 37.6 Å². The molecule has 0 saturated heterocycles. The van der Waals surface area contributed by atoms with Gasteiger partial charge in [-0.1, -0.05) is 17.7 Å². The molecule has 11 heteroatoms. The van der Waals surface area contributed by atoms with Crippen LogP contribution >= 0.6 is 7.60 Å². The molecule has 174 valence electrons. The summed E-state index contributed by atoms with van der Waals surface area (Å²) in [6.45, 7) is 6.36. The van der Waals surface area contributed by atoms with Crippen molar-refractivity contribution in [2.45, 2.75) is 63.1 Å². The second-order valence-electron chi connectivity index (χ2n) is 7.15. The smallest absolute Gasteiger partial charge is 0.346 e. The number of carbonyl (C=O) groups is 2. The normalized spacial score (nSPS) is 20.6. The number of benzene rings is 1. The van der Waals surface area contributed by atoms with Gasteiger partial charge in [0.05, 0.1) is 24.7 Å². The first-order chi connectivity index (χ1) is 14.6. The summed E-state index contributed by atoms with van der Waals surface area (Å²) >= 11 is 0. The molecule has 0 heterocycles. The lowest BCUT2D eigenvalue weighted by atomic mass is 9.96. The van der Waals surface area contributed by atoms with Crippen LogP contribution in [-0.2, 0) is 38.0 Å². The molecule has 0 spiro atoms. The zero-order chi connectivity index (χ0) is 23.3. The Morgan fingerprint density at radius 2 is 1.71 bits per heavy atom. The zero-order valence-corrected chi connectivity index (χ0v) is 20.0. The minimum absolute atomic E-state index is 0.0201. The number of ether oxygens (including phenoxy) is 1. The minimum Gasteiger partial charge on any atom is -0.465 e. The second kappa shape index (κ2) is 10.4. The highest BCUT2D eigenvalue weighted by Crippen LogP contribution is 2.66. The van der Waals surface area contributed by atoms with Crippen molar-refractivity contribution in [1.29, 1.82) is 0 Å². The van der Waals surface area contributed by atoms with Crippen LogP contribution in [0, 0.1) is 6.92 Å². The molecule has 1 saturated carbocycles. The predicted octanol–water partition coefficient (Wildman–Crippen LogP) is 2.96. The Morgan fingerprint density at radius 1 is 1.13 bits per heavy atom. The highest BCUT2D eigenvalue weighted by Gasteiger charge is 2.66. The molecule has 1 aromatic carbocycles. The summed E-state index contributed by atoms with van der Waals surface area (Å²) < 4.78 is 58.3. The summed E-state index contributed by atoms with van der Waals surface area (Å²) in [6, 6.07) is 4.21. The third kappa shape index (κ3) is 5.09. The summed E-state index contributed by atoms with van der Waals surface area (Å²) in [5.74, 6) is -1.56. The van der Waals surface area contributed by atoms with E-state index in [2.05, 4.69) is 4.72 Å². The number of hydrogen-bond acceptors (Lipinski definition) is 8. The van der Waals surface area contributed by atoms with E-state index in [1.807, 2.05) is 0 Å². The Balaban J connectivity index is 2.65. The van der Waals surface area contributed by atoms with Gasteiger partial charge in [-0.3, -0.25) is 14.2 Å². The molecule has 2 rings (SSSR count). The van der Waals surface area contributed by atoms with Crippen LogP contribution in [0.2, 0.25) is 0 Å². The van der Waals surface area contributed by atoms with Gasteiger partial charge < -0.3 is 13.8 Å². The van der Waals surface area contributed by atoms with Crippen LogP contribution in [0.4, 0.5) is 0 Å². The molecule has 0 unspecified atom stereocenters. The third-order valence-electron chi connectivity index (χ3n) is 5.14. The standard InChI is InChI=1S/C20H30NO8PS/c1-5-27-19(23)18(21-31(25,26)16-12-10-15(4)11-13-16)20(14-8-9-17(20)22)30(24,28-6-2)29-7-3/h10-13,18,21H,5-9,14H2,1-4H3/t18-,20-/m1/s1. The van der Waals surface area contributed by atoms with E-state index in [4.69, 9.17) is 13.8 Å². The average molecular weight is 476 g/mol. The molecule has 1 N–H and O–H groups in total. The van der Waals surface area contributed by atoms with Crippen molar-refractivity contribution < 1.29 is 36.4 Å². The Labute approximate surface area is 183 Å². The van der Waals surface area contributed by atoms with Gasteiger partial charge in [0.2, 0.25) is 10.0 Å². The number of esters is 1. The summed E-state index contributed by atoms with van der Waals surface area (Å²) in [5, 5.41) is -2.01. The molecule has 0 bridgehead atoms. The second-order valence-corrected chi connectivity index (χ2v) is 11.2. The molecule has 2 atom stereocenters. The monoisotopic (exact) mass is 475 g/mol. The molecule has 1 aliphatic rings. The number of nitrogens with one attached hydrogen (secondary N) is 1. The number of carbonyl (C=O) groups excluding carboxylic acids is 2. The van der Waals surface area contributed by atoms with Crippen molar-refractivity contribution in [3.05, 3.63) is 29.8 Å². The van der Waals surface area contributed by atoms with Crippen molar-refractivity contribution in [1.82, 2.24) is 4.72 Å². The number of rotatable bonds is 11. The summed E-state index contributed by atoms with van der Waals surface area (Å²) in [5.41, 5.74) is 0.848. The molecule has 1 aromatic rings. The molecule has 0 amide bonds. The average Bonchev–Trinajstić information content (AvgIpc) is 3.09. The maximum atomic E-state index is 13.9. The molecule has 1 aliphatic carbocycles. The van der Waals surface area contributed by atoms with Crippen LogP contribution in [0.15, 0.2) is 29.2 Å². The van der Waals surface area contributed by atoms with E-state index < -0.39 is 40.6 Å². The lowest BCUT2D eigenvalue weighted by Gasteiger charge is -2.39. The number of hydrogen-bond donors (Lipinski definition) is 1. The lowest BCUT2D eigenvalue weighted by Crippen LogP contribution is -2.59. The van der Waals surface area contributed by atoms with Crippen LogP contribution in [0.5, 0.6) is 0 Å². The van der Waals surface area contributed by atoms with Crippen molar-refractivity contribution >= 4 is 29.4 Å². The molecule has 0 aromatic heterocycles. The van der Waals surface area contributed by atoms with Gasteiger partial charge >= 0.3 is 13.6 Å². The quantitative estimate of drug-likeness (QED) is 0.383. The van der Waals surface area contributed by atoms with Crippen LogP contribution in [0.1, 0.15) is 45.6 Å². The Morgan fingerprint density at radius 3 is 2.16 bits per heavy atom. The molecule has 0 radical (unpaired) electrons. The largest absolute Gasteiger partial charge is 0.465 e. The molecular weight excluding hydrogens is 445 g/mol. The van der Waals surface area contributed by atoms with Crippen molar-refractivity contribution in [2.24, 2.45) is 0 Å². The van der Waals surface area contributed by atoms with E-state index in [1.165, 1.54) is 12.1 Å². The fourth-order valence-corrected chi connectivity index (χ4v) is 7.62. The topological polar surface area (TPSA) is 125 Å². The van der Waals surface area contributed by atoms with Gasteiger partial charge in [0.1, 0.15) is 6.04 Å². The van der Waals surface area contributed by atoms with Gasteiger partial charge in [-0.25, -0.2) is 8.42 Å². The SMILES string of the molecule is CCOC(=O)[C@@H](NS(=O)(=O)c1ccc(C)cc1)[C@@]1(P(=O)(OCC)OCC)CCCC1=O. The Hall–Kier alpha value is -1.58. The van der Waals surface area contributed by atoms with E-state index in [0.717, 1.165) is 5.56 Å². The van der Waals surface area contributed by atoms with E-state index in [9.17, 15) is 22.6 Å². The van der Waals surface area contributed by atoms with Gasteiger partial charge in [-0.05, 0) is 52.7 Å². The molecule has 1 fully saturated rings. The van der Waals surface area contributed by atoms with Crippen molar-refractivity contribution in [3.63, 3.8) is 0 Å². The van der Waals surface area contributed by atoms with E-state index in [0.29, 0.717) is 6.42 Å². The Kier molecular flexibility index (Phi) is 8.58. The van der Waals surface area contributed by atoms with Gasteiger partial charge in [0, 0.05) is 6.42 Å². The molecule has 0 aliphatic heterocycles. The van der Waals surface area contributed by atoms with Crippen LogP contribution in [-0.4, -0.2) is 51.2 Å². The van der Waals surface area contributed by atoms with Gasteiger partial charge in [-0.2, -0.15) is 4.72 Å². The first-order valence-corrected chi connectivity index (χ1v) is 13.3. The van der Waals surface area contributed by atoms with Gasteiger partial charge in [-0.15, -0.1) is 0 Å². The van der Waals surface area contributed by atoms with Crippen LogP contribution in [0.25, 0.3) is 0 Å². The molecule has 31 heavy (non-hydrogen) atoms. The maximum absolute atomic E-state index is 13.9. The summed E-state index contributed by atoms with van der Waals surface area (Å²) in [6.07, 6.45) is 0.292. The number of ketones is 1. The number of sulfonamides is 1. The summed E-state index contributed by atoms with van der Waals surface area (Å²) in [4.78, 5) is 26.0. The highest BCUT2D eigenvalue weighted by atomic mass is 32.2. The molecule has 9 nitrogen and oxygen atoms in total. The zero-order valence-electron chi connectivity index (χ0n) is 18.3. The van der Waals surface area contributed by atoms with Crippen LogP contribution < -0.4 is 4.72 Å². The first kappa shape index (κ1) is 25.7. The number of aryl methyl sites for hydroxylation is 1. The minimum atomic E-state index is -4.26. The number of Topliss-reactive ketones (excluding diaryl/α,β-unsaturated/α-hetero) is 1. The van der Waals surface area contributed by atoms with E-state index in [1.54, 1.807) is 39.8 Å². The lowest BCUT2D eigenvalue weighted by molar-refractivity contribution is -0.147. The van der Waals surface area contributed by atoms with E-state index >= 15 is 0 Å². The van der Waals surface area contributed by atoms with Crippen LogP contribution in [0.3, 0.4) is 0 Å². The summed E-state index contributed by atoms with van der Waals surface area (Å²) in [7, 11) is -8.51. The van der Waals surface area contributed by atoms with Gasteiger partial charge in [0.15, 0.2) is 10.9 Å². The predicted molar refractivity (Wildman–Crippen MR) is 114 cm³/mol.